The Morgan fingerprint density at radius 1 is 1.32 bits per heavy atom. The van der Waals surface area contributed by atoms with Crippen molar-refractivity contribution in [2.24, 2.45) is 11.5 Å². The Hall–Kier alpha value is -1.39. The maximum atomic E-state index is 11.7. The van der Waals surface area contributed by atoms with E-state index in [1.165, 1.54) is 0 Å². The minimum absolute atomic E-state index is 0.0384. The number of aliphatic hydroxyl groups excluding tert-OH is 1. The number of amides is 1. The van der Waals surface area contributed by atoms with Crippen LogP contribution in [0.15, 0.2) is 0 Å². The molecule has 130 valence electrons. The summed E-state index contributed by atoms with van der Waals surface area (Å²) in [5.74, 6) is -2.80. The molecule has 1 rings (SSSR count). The summed E-state index contributed by atoms with van der Waals surface area (Å²) in [6.07, 6.45) is -2.31. The molecule has 0 aromatic carbocycles. The highest BCUT2D eigenvalue weighted by Gasteiger charge is 2.38. The molecule has 1 heterocycles. The van der Waals surface area contributed by atoms with E-state index in [0.717, 1.165) is 12.8 Å². The molecule has 0 aromatic heterocycles. The Morgan fingerprint density at radius 3 is 2.23 bits per heavy atom. The fourth-order valence-electron chi connectivity index (χ4n) is 1.81. The van der Waals surface area contributed by atoms with Crippen molar-refractivity contribution in [3.63, 3.8) is 0 Å². The highest BCUT2D eigenvalue weighted by Crippen LogP contribution is 2.13. The van der Waals surface area contributed by atoms with E-state index < -0.39 is 18.2 Å². The van der Waals surface area contributed by atoms with E-state index in [0.29, 0.717) is 32.5 Å². The van der Waals surface area contributed by atoms with E-state index in [1.807, 2.05) is 0 Å². The number of carboxylic acid groups (broad SMARTS) is 1. The fourth-order valence-corrected chi connectivity index (χ4v) is 1.81. The zero-order valence-corrected chi connectivity index (χ0v) is 12.1. The molecule has 1 saturated heterocycles. The largest absolute Gasteiger partial charge is 0.490 e. The summed E-state index contributed by atoms with van der Waals surface area (Å²) >= 11 is 0. The van der Waals surface area contributed by atoms with E-state index in [4.69, 9.17) is 21.4 Å². The number of rotatable bonds is 5. The quantitative estimate of drug-likeness (QED) is 0.511. The van der Waals surface area contributed by atoms with Crippen molar-refractivity contribution in [1.82, 2.24) is 4.90 Å². The van der Waals surface area contributed by atoms with Crippen LogP contribution in [0, 0.1) is 0 Å². The monoisotopic (exact) mass is 329 g/mol. The molecule has 10 heteroatoms. The minimum Gasteiger partial charge on any atom is -0.475 e. The number of carbonyl (C=O) groups excluding carboxylic acids is 1. The highest BCUT2D eigenvalue weighted by atomic mass is 19.4. The molecule has 0 bridgehead atoms. The lowest BCUT2D eigenvalue weighted by Crippen LogP contribution is -2.43. The van der Waals surface area contributed by atoms with Crippen LogP contribution in [0.1, 0.15) is 25.7 Å². The van der Waals surface area contributed by atoms with Gasteiger partial charge < -0.3 is 26.6 Å². The van der Waals surface area contributed by atoms with Crippen LogP contribution in [0.5, 0.6) is 0 Å². The van der Waals surface area contributed by atoms with Gasteiger partial charge in [0.05, 0.1) is 12.1 Å². The van der Waals surface area contributed by atoms with Gasteiger partial charge in [-0.1, -0.05) is 6.42 Å². The predicted octanol–water partition coefficient (Wildman–Crippen LogP) is -0.331. The summed E-state index contributed by atoms with van der Waals surface area (Å²) in [5.41, 5.74) is 11.1. The summed E-state index contributed by atoms with van der Waals surface area (Å²) in [4.78, 5) is 22.3. The Balaban J connectivity index is 0.000000534. The number of hydrogen-bond acceptors (Lipinski definition) is 5. The number of unbranched alkanes of at least 4 members (excludes halogenated alkanes) is 1. The number of nitrogens with zero attached hydrogens (tertiary/aromatic N) is 1. The number of likely N-dealkylation sites (tertiary alicyclic amines) is 1. The molecule has 1 aliphatic heterocycles. The second-order valence-electron chi connectivity index (χ2n) is 4.92. The van der Waals surface area contributed by atoms with Gasteiger partial charge in [0.2, 0.25) is 5.91 Å². The SMILES string of the molecule is NCCCC[C@H](N)C(=O)N1CCC(O)C1.O=C(O)C(F)(F)F. The van der Waals surface area contributed by atoms with Crippen LogP contribution in [0.25, 0.3) is 0 Å². The standard InChI is InChI=1S/C10H21N3O2.C2HF3O2/c11-5-2-1-3-9(12)10(15)13-6-4-8(14)7-13;3-2(4,5)1(6)7/h8-9,14H,1-7,11-12H2;(H,6,7)/t8?,9-;/m0./s1. The summed E-state index contributed by atoms with van der Waals surface area (Å²) in [6, 6.07) is -0.429. The van der Waals surface area contributed by atoms with Gasteiger partial charge in [-0.3, -0.25) is 4.79 Å². The topological polar surface area (TPSA) is 130 Å². The molecule has 2 atom stereocenters. The molecular weight excluding hydrogens is 307 g/mol. The van der Waals surface area contributed by atoms with Gasteiger partial charge in [-0.05, 0) is 25.8 Å². The average molecular weight is 329 g/mol. The summed E-state index contributed by atoms with van der Waals surface area (Å²) < 4.78 is 31.7. The molecule has 0 aromatic rings. The summed E-state index contributed by atoms with van der Waals surface area (Å²) in [6.45, 7) is 1.71. The van der Waals surface area contributed by atoms with Crippen LogP contribution in [0.3, 0.4) is 0 Å². The number of aliphatic hydroxyl groups is 1. The van der Waals surface area contributed by atoms with Crippen LogP contribution in [0.2, 0.25) is 0 Å². The molecule has 22 heavy (non-hydrogen) atoms. The Bertz CT molecular complexity index is 366. The first-order valence-corrected chi connectivity index (χ1v) is 6.82. The van der Waals surface area contributed by atoms with Gasteiger partial charge in [-0.25, -0.2) is 4.79 Å². The number of β-amino-alcohol motifs (C(OH)–C–C–N with tert-alkyl or cyclic N) is 1. The van der Waals surface area contributed by atoms with Gasteiger partial charge in [-0.15, -0.1) is 0 Å². The molecule has 1 amide bonds. The number of carboxylic acids is 1. The molecule has 0 aliphatic carbocycles. The minimum atomic E-state index is -5.08. The molecule has 0 saturated carbocycles. The molecule has 1 fully saturated rings. The third-order valence-electron chi connectivity index (χ3n) is 3.00. The Kier molecular flexibility index (Phi) is 8.99. The normalized spacial score (nSPS) is 19.4. The van der Waals surface area contributed by atoms with Crippen LogP contribution in [-0.4, -0.2) is 64.9 Å². The van der Waals surface area contributed by atoms with Gasteiger partial charge >= 0.3 is 12.1 Å². The number of nitrogens with two attached hydrogens (primary N) is 2. The average Bonchev–Trinajstić information content (AvgIpc) is 2.84. The van der Waals surface area contributed by atoms with Crippen molar-refractivity contribution >= 4 is 11.9 Å². The Labute approximate surface area is 126 Å². The third kappa shape index (κ3) is 8.15. The van der Waals surface area contributed by atoms with E-state index >= 15 is 0 Å². The molecule has 6 N–H and O–H groups in total. The van der Waals surface area contributed by atoms with Gasteiger partial charge in [0.15, 0.2) is 0 Å². The van der Waals surface area contributed by atoms with Crippen molar-refractivity contribution in [2.75, 3.05) is 19.6 Å². The third-order valence-corrected chi connectivity index (χ3v) is 3.00. The number of aliphatic carboxylic acids is 1. The maximum absolute atomic E-state index is 11.7. The van der Waals surface area contributed by atoms with Crippen molar-refractivity contribution in [2.45, 2.75) is 44.0 Å². The highest BCUT2D eigenvalue weighted by molar-refractivity contribution is 5.81. The molecule has 0 radical (unpaired) electrons. The van der Waals surface area contributed by atoms with E-state index in [-0.39, 0.29) is 12.0 Å². The molecule has 1 aliphatic rings. The van der Waals surface area contributed by atoms with Crippen LogP contribution in [0.4, 0.5) is 13.2 Å². The van der Waals surface area contributed by atoms with Crippen molar-refractivity contribution in [3.8, 4) is 0 Å². The van der Waals surface area contributed by atoms with Gasteiger partial charge in [0.1, 0.15) is 0 Å². The molecular formula is C12H22F3N3O4. The van der Waals surface area contributed by atoms with Gasteiger partial charge in [0, 0.05) is 13.1 Å². The Morgan fingerprint density at radius 2 is 1.86 bits per heavy atom. The van der Waals surface area contributed by atoms with Gasteiger partial charge in [-0.2, -0.15) is 13.2 Å². The first-order valence-electron chi connectivity index (χ1n) is 6.82. The first kappa shape index (κ1) is 20.6. The number of halogens is 3. The summed E-state index contributed by atoms with van der Waals surface area (Å²) in [5, 5.41) is 16.4. The lowest BCUT2D eigenvalue weighted by Gasteiger charge is -2.20. The molecule has 7 nitrogen and oxygen atoms in total. The van der Waals surface area contributed by atoms with E-state index in [1.54, 1.807) is 4.90 Å². The zero-order valence-electron chi connectivity index (χ0n) is 12.1. The summed E-state index contributed by atoms with van der Waals surface area (Å²) in [7, 11) is 0. The van der Waals surface area contributed by atoms with Gasteiger partial charge in [0.25, 0.3) is 0 Å². The van der Waals surface area contributed by atoms with Crippen molar-refractivity contribution in [3.05, 3.63) is 0 Å². The maximum Gasteiger partial charge on any atom is 0.490 e. The fraction of sp³-hybridized carbons (Fsp3) is 0.833. The van der Waals surface area contributed by atoms with Crippen molar-refractivity contribution in [1.29, 1.82) is 0 Å². The second-order valence-corrected chi connectivity index (χ2v) is 4.92. The predicted molar refractivity (Wildman–Crippen MR) is 71.8 cm³/mol. The lowest BCUT2D eigenvalue weighted by molar-refractivity contribution is -0.192. The molecule has 1 unspecified atom stereocenters. The van der Waals surface area contributed by atoms with Crippen LogP contribution < -0.4 is 11.5 Å². The number of alkyl halides is 3. The van der Waals surface area contributed by atoms with E-state index in [9.17, 15) is 23.1 Å². The zero-order chi connectivity index (χ0) is 17.3. The second kappa shape index (κ2) is 9.59. The van der Waals surface area contributed by atoms with Crippen LogP contribution >= 0.6 is 0 Å². The van der Waals surface area contributed by atoms with Crippen LogP contribution in [-0.2, 0) is 9.59 Å². The number of hydrogen-bond donors (Lipinski definition) is 4. The molecule has 0 spiro atoms. The van der Waals surface area contributed by atoms with E-state index in [2.05, 4.69) is 0 Å². The first-order chi connectivity index (χ1) is 10.1. The smallest absolute Gasteiger partial charge is 0.475 e. The number of carbonyl (C=O) groups is 2. The lowest BCUT2D eigenvalue weighted by atomic mass is 10.1. The van der Waals surface area contributed by atoms with Crippen molar-refractivity contribution < 1.29 is 33.0 Å².